The number of thiophene rings is 1. The molecule has 0 aliphatic heterocycles. The van der Waals surface area contributed by atoms with E-state index in [1.54, 1.807) is 29.5 Å². The molecule has 1 aromatic heterocycles. The van der Waals surface area contributed by atoms with Gasteiger partial charge in [-0.25, -0.2) is 0 Å². The van der Waals surface area contributed by atoms with Crippen LogP contribution in [-0.2, 0) is 12.6 Å². The van der Waals surface area contributed by atoms with E-state index in [4.69, 9.17) is 9.47 Å². The number of hydrogen-bond acceptors (Lipinski definition) is 5. The molecule has 0 aliphatic carbocycles. The van der Waals surface area contributed by atoms with Crippen molar-refractivity contribution < 1.29 is 27.6 Å². The Morgan fingerprint density at radius 3 is 2.47 bits per heavy atom. The van der Waals surface area contributed by atoms with Crippen LogP contribution in [0.2, 0.25) is 0 Å². The maximum Gasteiger partial charge on any atom is 0.416 e. The van der Waals surface area contributed by atoms with E-state index in [2.05, 4.69) is 6.58 Å². The molecule has 0 spiro atoms. The van der Waals surface area contributed by atoms with Gasteiger partial charge < -0.3 is 9.47 Å². The summed E-state index contributed by atoms with van der Waals surface area (Å²) in [7, 11) is 1.40. The third-order valence-corrected chi connectivity index (χ3v) is 5.19. The number of rotatable bonds is 7. The molecule has 0 aliphatic rings. The van der Waals surface area contributed by atoms with Crippen LogP contribution in [0.15, 0.2) is 60.5 Å². The lowest BCUT2D eigenvalue weighted by Gasteiger charge is -2.13. The van der Waals surface area contributed by atoms with Crippen molar-refractivity contribution in [2.75, 3.05) is 7.11 Å². The summed E-state index contributed by atoms with van der Waals surface area (Å²) >= 11 is 1.57. The number of nitrogens with zero attached hydrogens (tertiary/aromatic N) is 1. The van der Waals surface area contributed by atoms with Gasteiger partial charge in [0.25, 0.3) is 0 Å². The summed E-state index contributed by atoms with van der Waals surface area (Å²) in [4.78, 5) is 11.4. The van der Waals surface area contributed by atoms with Gasteiger partial charge in [-0.1, -0.05) is 18.7 Å². The number of methoxy groups -OCH3 is 1. The summed E-state index contributed by atoms with van der Waals surface area (Å²) < 4.78 is 49.5. The fourth-order valence-electron chi connectivity index (χ4n) is 2.76. The Kier molecular flexibility index (Phi) is 6.12. The largest absolute Gasteiger partial charge is 0.493 e. The summed E-state index contributed by atoms with van der Waals surface area (Å²) in [6.07, 6.45) is -4.15. The van der Waals surface area contributed by atoms with Gasteiger partial charge >= 0.3 is 11.9 Å². The predicted molar refractivity (Wildman–Crippen MR) is 108 cm³/mol. The van der Waals surface area contributed by atoms with Crippen LogP contribution in [0.3, 0.4) is 0 Å². The highest BCUT2D eigenvalue weighted by atomic mass is 32.1. The Bertz CT molecular complexity index is 1080. The Morgan fingerprint density at radius 2 is 1.87 bits per heavy atom. The van der Waals surface area contributed by atoms with Crippen molar-refractivity contribution in [1.29, 1.82) is 0 Å². The lowest BCUT2D eigenvalue weighted by molar-refractivity contribution is -0.385. The summed E-state index contributed by atoms with van der Waals surface area (Å²) in [6.45, 7) is 4.07. The molecule has 0 unspecified atom stereocenters. The second-order valence-corrected chi connectivity index (χ2v) is 7.23. The van der Waals surface area contributed by atoms with Gasteiger partial charge in [0.05, 0.1) is 17.6 Å². The summed E-state index contributed by atoms with van der Waals surface area (Å²) in [5.74, 6) is 0.119. The topological polar surface area (TPSA) is 61.6 Å². The van der Waals surface area contributed by atoms with Crippen LogP contribution < -0.4 is 9.47 Å². The standard InChI is InChI=1S/C21H16F3NO4S/c1-13(20-4-3-9-30-20)10-14-5-7-18(19(11-14)28-2)29-17-8-6-15(21(22,23)24)12-16(17)25(26)27/h3-9,11-12H,1,10H2,2H3. The van der Waals surface area contributed by atoms with Crippen molar-refractivity contribution in [2.45, 2.75) is 12.6 Å². The minimum absolute atomic E-state index is 0.144. The van der Waals surface area contributed by atoms with Crippen LogP contribution in [0.4, 0.5) is 18.9 Å². The highest BCUT2D eigenvalue weighted by Crippen LogP contribution is 2.40. The zero-order valence-corrected chi connectivity index (χ0v) is 16.5. The summed E-state index contributed by atoms with van der Waals surface area (Å²) in [5.41, 5.74) is -0.128. The van der Waals surface area contributed by atoms with Gasteiger partial charge in [-0.15, -0.1) is 11.3 Å². The van der Waals surface area contributed by atoms with E-state index in [1.807, 2.05) is 17.5 Å². The fraction of sp³-hybridized carbons (Fsp3) is 0.143. The van der Waals surface area contributed by atoms with Gasteiger partial charge in [-0.3, -0.25) is 10.1 Å². The smallest absolute Gasteiger partial charge is 0.416 e. The van der Waals surface area contributed by atoms with Crippen LogP contribution >= 0.6 is 11.3 Å². The van der Waals surface area contributed by atoms with Crippen molar-refractivity contribution in [3.63, 3.8) is 0 Å². The number of benzene rings is 2. The van der Waals surface area contributed by atoms with Crippen LogP contribution in [-0.4, -0.2) is 12.0 Å². The third kappa shape index (κ3) is 4.80. The lowest BCUT2D eigenvalue weighted by Crippen LogP contribution is -2.06. The van der Waals surface area contributed by atoms with Gasteiger partial charge in [0.1, 0.15) is 0 Å². The average Bonchev–Trinajstić information content (AvgIpc) is 3.23. The Hall–Kier alpha value is -3.33. The number of hydrogen-bond donors (Lipinski definition) is 0. The molecule has 0 bridgehead atoms. The molecule has 5 nitrogen and oxygen atoms in total. The molecule has 156 valence electrons. The second-order valence-electron chi connectivity index (χ2n) is 6.28. The maximum atomic E-state index is 12.9. The van der Waals surface area contributed by atoms with Crippen molar-refractivity contribution in [1.82, 2.24) is 0 Å². The molecule has 3 aromatic rings. The SMILES string of the molecule is C=C(Cc1ccc(Oc2ccc(C(F)(F)F)cc2[N+](=O)[O-])c(OC)c1)c1cccs1. The Balaban J connectivity index is 1.88. The predicted octanol–water partition coefficient (Wildman–Crippen LogP) is 6.73. The molecule has 9 heteroatoms. The number of ether oxygens (including phenoxy) is 2. The van der Waals surface area contributed by atoms with Gasteiger partial charge in [-0.2, -0.15) is 13.2 Å². The summed E-state index contributed by atoms with van der Waals surface area (Å²) in [6, 6.07) is 11.0. The molecule has 0 amide bonds. The van der Waals surface area contributed by atoms with Crippen molar-refractivity contribution in [3.8, 4) is 17.2 Å². The van der Waals surface area contributed by atoms with Crippen LogP contribution in [0.25, 0.3) is 5.57 Å². The minimum atomic E-state index is -4.70. The van der Waals surface area contributed by atoms with Crippen molar-refractivity contribution in [2.24, 2.45) is 0 Å². The first-order valence-corrected chi connectivity index (χ1v) is 9.49. The molecule has 0 saturated heterocycles. The molecule has 2 aromatic carbocycles. The van der Waals surface area contributed by atoms with Crippen LogP contribution in [0, 0.1) is 10.1 Å². The zero-order valence-electron chi connectivity index (χ0n) is 15.7. The zero-order chi connectivity index (χ0) is 21.9. The number of nitro groups is 1. The minimum Gasteiger partial charge on any atom is -0.493 e. The number of alkyl halides is 3. The monoisotopic (exact) mass is 435 g/mol. The van der Waals surface area contributed by atoms with Crippen LogP contribution in [0.5, 0.6) is 17.2 Å². The molecule has 1 heterocycles. The molecule has 30 heavy (non-hydrogen) atoms. The first-order valence-electron chi connectivity index (χ1n) is 8.61. The average molecular weight is 435 g/mol. The first-order chi connectivity index (χ1) is 14.2. The Labute approximate surface area is 174 Å². The molecule has 0 saturated carbocycles. The quantitative estimate of drug-likeness (QED) is 0.305. The lowest BCUT2D eigenvalue weighted by atomic mass is 10.0. The summed E-state index contributed by atoms with van der Waals surface area (Å²) in [5, 5.41) is 13.2. The number of nitro benzene ring substituents is 1. The van der Waals surface area contributed by atoms with Gasteiger partial charge in [0.2, 0.25) is 5.75 Å². The Morgan fingerprint density at radius 1 is 1.13 bits per heavy atom. The molecule has 0 radical (unpaired) electrons. The third-order valence-electron chi connectivity index (χ3n) is 4.22. The van der Waals surface area contributed by atoms with Crippen LogP contribution in [0.1, 0.15) is 16.0 Å². The van der Waals surface area contributed by atoms with E-state index in [0.29, 0.717) is 18.2 Å². The normalized spacial score (nSPS) is 11.2. The van der Waals surface area contributed by atoms with E-state index >= 15 is 0 Å². The molecular weight excluding hydrogens is 419 g/mol. The molecule has 0 N–H and O–H groups in total. The van der Waals surface area contributed by atoms with Gasteiger partial charge in [0, 0.05) is 10.9 Å². The van der Waals surface area contributed by atoms with E-state index in [1.165, 1.54) is 7.11 Å². The molecule has 3 rings (SSSR count). The van der Waals surface area contributed by atoms with E-state index < -0.39 is 22.4 Å². The molecular formula is C21H16F3NO4S. The number of halogens is 3. The van der Waals surface area contributed by atoms with Gasteiger partial charge in [0.15, 0.2) is 11.5 Å². The molecule has 0 atom stereocenters. The second kappa shape index (κ2) is 8.58. The van der Waals surface area contributed by atoms with Crippen molar-refractivity contribution >= 4 is 22.6 Å². The highest BCUT2D eigenvalue weighted by Gasteiger charge is 2.33. The van der Waals surface area contributed by atoms with E-state index in [9.17, 15) is 23.3 Å². The molecule has 0 fully saturated rings. The maximum absolute atomic E-state index is 12.9. The van der Waals surface area contributed by atoms with E-state index in [-0.39, 0.29) is 11.5 Å². The first kappa shape index (κ1) is 21.4. The van der Waals surface area contributed by atoms with E-state index in [0.717, 1.165) is 28.1 Å². The number of allylic oxidation sites excluding steroid dienone is 1. The van der Waals surface area contributed by atoms with Gasteiger partial charge in [-0.05, 0) is 53.3 Å². The fourth-order valence-corrected chi connectivity index (χ4v) is 3.46. The van der Waals surface area contributed by atoms with Crippen molar-refractivity contribution in [3.05, 3.63) is 86.6 Å². The highest BCUT2D eigenvalue weighted by molar-refractivity contribution is 7.11.